The fourth-order valence-electron chi connectivity index (χ4n) is 13.1. The zero-order valence-electron chi connectivity index (χ0n) is 61.5. The summed E-state index contributed by atoms with van der Waals surface area (Å²) in [5.41, 5.74) is 0.414. The van der Waals surface area contributed by atoms with E-state index in [1.807, 2.05) is 63.2 Å². The third kappa shape index (κ3) is 21.2. The highest BCUT2D eigenvalue weighted by molar-refractivity contribution is 7.90. The first-order valence-electron chi connectivity index (χ1n) is 35.8. The summed E-state index contributed by atoms with van der Waals surface area (Å²) in [7, 11) is -0.812. The summed E-state index contributed by atoms with van der Waals surface area (Å²) in [6.07, 6.45) is 4.07. The van der Waals surface area contributed by atoms with Gasteiger partial charge in [0.05, 0.1) is 48.3 Å². The van der Waals surface area contributed by atoms with E-state index in [-0.39, 0.29) is 77.2 Å². The van der Waals surface area contributed by atoms with Gasteiger partial charge in [-0.3, -0.25) is 47.9 Å². The molecule has 6 aliphatic heterocycles. The molecular weight excluding hydrogens is 1370 g/mol. The van der Waals surface area contributed by atoms with Gasteiger partial charge in [-0.2, -0.15) is 0 Å². The number of rotatable bonds is 15. The molecule has 7 heterocycles. The van der Waals surface area contributed by atoms with Gasteiger partial charge in [-0.1, -0.05) is 120 Å². The molecule has 28 nitrogen and oxygen atoms in total. The minimum atomic E-state index is -4.06. The molecule has 105 heavy (non-hydrogen) atoms. The van der Waals surface area contributed by atoms with Crippen molar-refractivity contribution >= 4 is 79.7 Å². The molecule has 8 N–H and O–H groups in total. The number of aromatic nitrogens is 3. The van der Waals surface area contributed by atoms with Crippen LogP contribution in [0, 0.1) is 22.7 Å². The first kappa shape index (κ1) is 79.7. The summed E-state index contributed by atoms with van der Waals surface area (Å²) < 4.78 is 48.5. The number of likely N-dealkylation sites (tertiary alicyclic amines) is 2. The van der Waals surface area contributed by atoms with E-state index in [2.05, 4.69) is 46.9 Å². The van der Waals surface area contributed by atoms with Crippen molar-refractivity contribution < 1.29 is 75.7 Å². The molecule has 1 aromatic heterocycles. The molecule has 1 aliphatic carbocycles. The van der Waals surface area contributed by atoms with Gasteiger partial charge >= 0.3 is 5.97 Å². The molecule has 2 saturated heterocycles. The van der Waals surface area contributed by atoms with Crippen LogP contribution in [-0.2, 0) is 88.6 Å². The number of amides is 7. The Hall–Kier alpha value is -9.45. The van der Waals surface area contributed by atoms with Gasteiger partial charge in [0.25, 0.3) is 0 Å². The minimum absolute atomic E-state index is 0.0221. The molecular formula is C76H100N12O16S. The van der Waals surface area contributed by atoms with E-state index in [4.69, 9.17) is 14.2 Å². The lowest BCUT2D eigenvalue weighted by Crippen LogP contribution is -2.60. The maximum Gasteiger partial charge on any atom is 0.326 e. The molecule has 1 saturated carbocycles. The van der Waals surface area contributed by atoms with Crippen LogP contribution < -0.4 is 46.1 Å². The molecule has 0 spiro atoms. The highest BCUT2D eigenvalue weighted by Gasteiger charge is 2.49. The maximum atomic E-state index is 15.2. The first-order chi connectivity index (χ1) is 49.7. The molecule has 4 aromatic carbocycles. The predicted molar refractivity (Wildman–Crippen MR) is 389 cm³/mol. The van der Waals surface area contributed by atoms with Crippen LogP contribution in [0.15, 0.2) is 109 Å². The zero-order chi connectivity index (χ0) is 76.2. The SMILES string of the molecule is CN[C@@H](C)C(=O)C[C@H](C(=O)N1C[C@@H]2C[C@H]1C(=O)N[C@@H](C)C(=O)C[C@H](C(=O)NS(=O)(=O)C1CC1)Cc1ccc(cc1)OCc1cn(nn1)[C@H]1C[C@@H](C(=O)N[C@@H](Cc3ccc4ccccc4c3)C(=O)N[C@H](C(=O)O)Cc3ccc(cc3)OC/C=C/CO2)N(C(=O)[C@@H](NC(=O)[C@H](C)NC)C(C)(C)C)C1)C(C)(C)C. The van der Waals surface area contributed by atoms with Crippen molar-refractivity contribution in [2.45, 2.75) is 192 Å². The second-order valence-corrected chi connectivity index (χ2v) is 32.1. The van der Waals surface area contributed by atoms with Gasteiger partial charge in [0.1, 0.15) is 66.4 Å². The highest BCUT2D eigenvalue weighted by Crippen LogP contribution is 2.36. The second-order valence-electron chi connectivity index (χ2n) is 30.1. The Labute approximate surface area is 612 Å². The second kappa shape index (κ2) is 34.6. The Balaban J connectivity index is 1.02. The Morgan fingerprint density at radius 2 is 1.31 bits per heavy atom. The molecule has 10 bridgehead atoms. The minimum Gasteiger partial charge on any atom is -0.490 e. The lowest BCUT2D eigenvalue weighted by Gasteiger charge is -2.36. The summed E-state index contributed by atoms with van der Waals surface area (Å²) in [5, 5.41) is 37.6. The number of Topliss-reactive ketones (excluding diaryl/α,β-unsaturated/α-hetero) is 2. The number of ketones is 2. The fraction of sp³-hybridized carbons (Fsp3) is 0.526. The Morgan fingerprint density at radius 3 is 1.95 bits per heavy atom. The van der Waals surface area contributed by atoms with E-state index in [1.165, 1.54) is 21.4 Å². The number of fused-ring (bicyclic) bond motifs is 1. The zero-order valence-corrected chi connectivity index (χ0v) is 62.3. The van der Waals surface area contributed by atoms with Crippen LogP contribution in [0.3, 0.4) is 0 Å². The summed E-state index contributed by atoms with van der Waals surface area (Å²) in [6, 6.07) is 16.7. The first-order valence-corrected chi connectivity index (χ1v) is 37.3. The largest absolute Gasteiger partial charge is 0.490 e. The molecule has 7 amide bonds. The average molecular weight is 1470 g/mol. The molecule has 0 radical (unpaired) electrons. The fourth-order valence-corrected chi connectivity index (χ4v) is 14.4. The predicted octanol–water partition coefficient (Wildman–Crippen LogP) is 4.23. The van der Waals surface area contributed by atoms with Crippen LogP contribution >= 0.6 is 0 Å². The van der Waals surface area contributed by atoms with Crippen LogP contribution in [0.5, 0.6) is 11.5 Å². The standard InChI is InChI=1S/C76H100N12O16S/c1-44(77-10)65(90)39-59(75(4,5)6)72(96)87-42-57-38-63(87)70(94)79-45(2)64(89)36-52(68(92)84-105(100,101)58-28-29-58)32-47-19-26-56(27-20-47)104-43-53-40-88(85-83-53)54-37-62(86(41-54)73(97)66(76(7,8)9)82-67(91)46(3)78-11)71(95)80-60(35-49-18-23-50-16-12-13-17-51(50)33-49)69(93)81-61(74(98)99)34-48-21-24-55(25-22-48)102-30-14-15-31-103-57/h12-27,33,40,44-46,52,54,57-63,66,77-78H,28-32,34-39,41-43H2,1-11H3,(H,79,94)(H,80,95)(H,81,93)(H,82,91)(H,84,92)(H,98,99)/b15-14+/t44-,45-,46-,52+,54-,57-,59+,60-,61-,62-,63-,66+/m0/s1. The molecule has 29 heteroatoms. The van der Waals surface area contributed by atoms with Crippen LogP contribution in [0.25, 0.3) is 10.8 Å². The summed E-state index contributed by atoms with van der Waals surface area (Å²) in [5.74, 6) is -8.07. The quantitative estimate of drug-likeness (QED) is 0.0680. The van der Waals surface area contributed by atoms with Gasteiger partial charge < -0.3 is 61.0 Å². The van der Waals surface area contributed by atoms with E-state index in [9.17, 15) is 51.9 Å². The number of carboxylic acids is 1. The third-order valence-electron chi connectivity index (χ3n) is 20.0. The van der Waals surface area contributed by atoms with Gasteiger partial charge in [-0.25, -0.2) is 17.9 Å². The van der Waals surface area contributed by atoms with Crippen molar-refractivity contribution in [3.8, 4) is 11.5 Å². The number of hydrogen-bond acceptors (Lipinski definition) is 19. The Kier molecular flexibility index (Phi) is 26.3. The Morgan fingerprint density at radius 1 is 0.695 bits per heavy atom. The normalized spacial score (nSPS) is 23.7. The number of benzene rings is 4. The van der Waals surface area contributed by atoms with E-state index in [0.29, 0.717) is 46.7 Å². The highest BCUT2D eigenvalue weighted by atomic mass is 32.2. The van der Waals surface area contributed by atoms with Crippen molar-refractivity contribution in [2.75, 3.05) is 40.4 Å². The summed E-state index contributed by atoms with van der Waals surface area (Å²) in [4.78, 5) is 146. The molecule has 0 unspecified atom stereocenters. The van der Waals surface area contributed by atoms with Crippen LogP contribution in [0.4, 0.5) is 0 Å². The van der Waals surface area contributed by atoms with Crippen LogP contribution in [-0.4, -0.2) is 197 Å². The number of carboxylic acid groups (broad SMARTS) is 1. The number of hydrogen-bond donors (Lipinski definition) is 8. The van der Waals surface area contributed by atoms with Gasteiger partial charge in [-0.15, -0.1) is 5.10 Å². The van der Waals surface area contributed by atoms with Crippen LogP contribution in [0.1, 0.15) is 129 Å². The number of ether oxygens (including phenoxy) is 3. The van der Waals surface area contributed by atoms with E-state index >= 15 is 9.59 Å². The number of carbonyl (C=O) groups is 10. The molecule has 3 fully saturated rings. The van der Waals surface area contributed by atoms with Crippen molar-refractivity contribution in [3.63, 3.8) is 0 Å². The van der Waals surface area contributed by atoms with E-state index in [0.717, 1.165) is 10.8 Å². The monoisotopic (exact) mass is 1470 g/mol. The molecule has 7 aliphatic rings. The number of aliphatic carboxylic acids is 1. The summed E-state index contributed by atoms with van der Waals surface area (Å²) in [6.45, 7) is 15.5. The smallest absolute Gasteiger partial charge is 0.326 e. The lowest BCUT2D eigenvalue weighted by atomic mass is 9.76. The van der Waals surface area contributed by atoms with E-state index < -0.39 is 158 Å². The van der Waals surface area contributed by atoms with Gasteiger partial charge in [0, 0.05) is 63.5 Å². The number of carbonyl (C=O) groups excluding carboxylic acids is 9. The van der Waals surface area contributed by atoms with Crippen molar-refractivity contribution in [1.82, 2.24) is 61.4 Å². The lowest BCUT2D eigenvalue weighted by molar-refractivity contribution is -0.146. The van der Waals surface area contributed by atoms with Gasteiger partial charge in [-0.05, 0) is 123 Å². The number of sulfonamides is 1. The van der Waals surface area contributed by atoms with Crippen molar-refractivity contribution in [2.24, 2.45) is 22.7 Å². The van der Waals surface area contributed by atoms with Gasteiger partial charge in [0.2, 0.25) is 51.4 Å². The molecule has 566 valence electrons. The van der Waals surface area contributed by atoms with E-state index in [1.54, 1.807) is 116 Å². The Bertz CT molecular complexity index is 4130. The molecule has 5 aromatic rings. The topological polar surface area (TPSA) is 374 Å². The maximum absolute atomic E-state index is 15.2. The number of nitrogens with zero attached hydrogens (tertiary/aromatic N) is 5. The average Bonchev–Trinajstić information content (AvgIpc) is 1.68. The third-order valence-corrected chi connectivity index (χ3v) is 21.8. The summed E-state index contributed by atoms with van der Waals surface area (Å²) >= 11 is 0. The number of nitrogens with one attached hydrogen (secondary N) is 7. The molecule has 12 atom stereocenters. The van der Waals surface area contributed by atoms with Crippen molar-refractivity contribution in [1.29, 1.82) is 0 Å². The van der Waals surface area contributed by atoms with Crippen molar-refractivity contribution in [3.05, 3.63) is 132 Å². The number of likely N-dealkylation sites (N-methyl/N-ethyl adjacent to an activating group) is 2. The van der Waals surface area contributed by atoms with Crippen LogP contribution in [0.2, 0.25) is 0 Å². The molecule has 12 rings (SSSR count). The van der Waals surface area contributed by atoms with Gasteiger partial charge in [0.15, 0.2) is 5.78 Å².